The third-order valence-electron chi connectivity index (χ3n) is 6.48. The van der Waals surface area contributed by atoms with Crippen LogP contribution in [0.15, 0.2) is 93.3 Å². The first kappa shape index (κ1) is 32.8. The average molecular weight is 701 g/mol. The van der Waals surface area contributed by atoms with Crippen LogP contribution in [0.2, 0.25) is 5.02 Å². The first-order valence-corrected chi connectivity index (χ1v) is 15.9. The van der Waals surface area contributed by atoms with Gasteiger partial charge in [0.25, 0.3) is 15.9 Å². The van der Waals surface area contributed by atoms with E-state index >= 15 is 0 Å². The molecular weight excluding hydrogens is 670 g/mol. The predicted octanol–water partition coefficient (Wildman–Crippen LogP) is 6.66. The number of carbonyl (C=O) groups is 1. The maximum atomic E-state index is 13.6. The van der Waals surface area contributed by atoms with Crippen molar-refractivity contribution in [1.29, 1.82) is 0 Å². The molecule has 0 fully saturated rings. The molecule has 0 unspecified atom stereocenters. The average Bonchev–Trinajstić information content (AvgIpc) is 3.00. The Kier molecular flexibility index (Phi) is 10.9. The zero-order valence-corrected chi connectivity index (χ0v) is 27.7. The Bertz CT molecular complexity index is 1760. The SMILES string of the molecule is COc1ccc(N(CC(=O)N/N=C\c2cc(Br)c(OCc3ccc(C)cc3)c(OC)c2)S(=O)(=O)c2ccc(C)cc2)cc1Cl. The number of benzene rings is 4. The highest BCUT2D eigenvalue weighted by molar-refractivity contribution is 9.10. The predicted molar refractivity (Wildman–Crippen MR) is 176 cm³/mol. The minimum Gasteiger partial charge on any atom is -0.495 e. The lowest BCUT2D eigenvalue weighted by Gasteiger charge is -2.24. The first-order chi connectivity index (χ1) is 21.0. The monoisotopic (exact) mass is 699 g/mol. The number of sulfonamides is 1. The molecule has 0 aliphatic rings. The van der Waals surface area contributed by atoms with E-state index < -0.39 is 22.5 Å². The molecule has 0 saturated carbocycles. The highest BCUT2D eigenvalue weighted by Gasteiger charge is 2.28. The molecule has 230 valence electrons. The lowest BCUT2D eigenvalue weighted by Crippen LogP contribution is -2.39. The van der Waals surface area contributed by atoms with Gasteiger partial charge in [0, 0.05) is 0 Å². The van der Waals surface area contributed by atoms with Crippen molar-refractivity contribution in [1.82, 2.24) is 5.43 Å². The minimum atomic E-state index is -4.14. The van der Waals surface area contributed by atoms with E-state index in [1.807, 2.05) is 38.1 Å². The van der Waals surface area contributed by atoms with Gasteiger partial charge in [-0.2, -0.15) is 5.10 Å². The van der Waals surface area contributed by atoms with Gasteiger partial charge in [0.15, 0.2) is 11.5 Å². The molecule has 0 heterocycles. The maximum Gasteiger partial charge on any atom is 0.264 e. The van der Waals surface area contributed by atoms with Crippen LogP contribution in [0.4, 0.5) is 5.69 Å². The van der Waals surface area contributed by atoms with Crippen LogP contribution in [0.25, 0.3) is 0 Å². The van der Waals surface area contributed by atoms with Crippen LogP contribution in [0.3, 0.4) is 0 Å². The quantitative estimate of drug-likeness (QED) is 0.131. The Morgan fingerprint density at radius 2 is 1.57 bits per heavy atom. The van der Waals surface area contributed by atoms with Gasteiger partial charge in [0.05, 0.1) is 40.5 Å². The summed E-state index contributed by atoms with van der Waals surface area (Å²) in [4.78, 5) is 13.0. The van der Waals surface area contributed by atoms with E-state index in [2.05, 4.69) is 26.5 Å². The second kappa shape index (κ2) is 14.6. The Labute approximate surface area is 270 Å². The van der Waals surface area contributed by atoms with Gasteiger partial charge >= 0.3 is 0 Å². The normalized spacial score (nSPS) is 11.3. The number of ether oxygens (including phenoxy) is 3. The van der Waals surface area contributed by atoms with Crippen LogP contribution < -0.4 is 23.9 Å². The molecule has 0 radical (unpaired) electrons. The van der Waals surface area contributed by atoms with E-state index in [-0.39, 0.29) is 15.6 Å². The molecule has 0 aliphatic carbocycles. The number of carbonyl (C=O) groups excluding carboxylic acids is 1. The van der Waals surface area contributed by atoms with Crippen LogP contribution in [-0.4, -0.2) is 41.3 Å². The van der Waals surface area contributed by atoms with E-state index in [9.17, 15) is 13.2 Å². The molecule has 4 aromatic carbocycles. The summed E-state index contributed by atoms with van der Waals surface area (Å²) in [5.41, 5.74) is 6.25. The molecule has 1 N–H and O–H groups in total. The molecular formula is C32H31BrClN3O6S. The molecule has 0 atom stereocenters. The van der Waals surface area contributed by atoms with Gasteiger partial charge in [-0.3, -0.25) is 9.10 Å². The summed E-state index contributed by atoms with van der Waals surface area (Å²) in [6.45, 7) is 3.66. The Balaban J connectivity index is 1.51. The van der Waals surface area contributed by atoms with Gasteiger partial charge in [-0.1, -0.05) is 59.1 Å². The molecule has 0 aliphatic heterocycles. The van der Waals surface area contributed by atoms with E-state index in [0.29, 0.717) is 33.9 Å². The molecule has 4 aromatic rings. The summed E-state index contributed by atoms with van der Waals surface area (Å²) in [6.07, 6.45) is 1.41. The number of rotatable bonds is 12. The maximum absolute atomic E-state index is 13.6. The highest BCUT2D eigenvalue weighted by atomic mass is 79.9. The summed E-state index contributed by atoms with van der Waals surface area (Å²) in [5.74, 6) is 0.675. The van der Waals surface area contributed by atoms with Gasteiger partial charge in [-0.15, -0.1) is 0 Å². The number of nitrogens with one attached hydrogen (secondary N) is 1. The Morgan fingerprint density at radius 1 is 0.932 bits per heavy atom. The Hall–Kier alpha value is -4.06. The number of hydrazone groups is 1. The standard InChI is InChI=1S/C32H31BrClN3O6S/c1-21-5-9-23(10-6-21)20-43-32-27(33)15-24(16-30(32)42-4)18-35-36-31(38)19-37(25-11-14-29(41-3)28(34)17-25)44(39,40)26-12-7-22(2)8-13-26/h5-18H,19-20H2,1-4H3,(H,36,38)/b35-18-. The van der Waals surface area contributed by atoms with Crippen molar-refractivity contribution in [2.45, 2.75) is 25.3 Å². The number of aryl methyl sites for hydroxylation is 2. The van der Waals surface area contributed by atoms with Crippen LogP contribution in [-0.2, 0) is 21.4 Å². The van der Waals surface area contributed by atoms with Crippen molar-refractivity contribution in [3.8, 4) is 17.2 Å². The largest absolute Gasteiger partial charge is 0.495 e. The van der Waals surface area contributed by atoms with Crippen molar-refractivity contribution in [3.05, 3.63) is 111 Å². The number of nitrogens with zero attached hydrogens (tertiary/aromatic N) is 2. The van der Waals surface area contributed by atoms with Gasteiger partial charge in [-0.05, 0) is 83.4 Å². The summed E-state index contributed by atoms with van der Waals surface area (Å²) >= 11 is 9.81. The zero-order valence-electron chi connectivity index (χ0n) is 24.5. The van der Waals surface area contributed by atoms with E-state index in [0.717, 1.165) is 21.0 Å². The number of hydrogen-bond donors (Lipinski definition) is 1. The Morgan fingerprint density at radius 3 is 2.18 bits per heavy atom. The van der Waals surface area contributed by atoms with E-state index in [4.69, 9.17) is 25.8 Å². The second-order valence-corrected chi connectivity index (χ2v) is 12.9. The summed E-state index contributed by atoms with van der Waals surface area (Å²) in [7, 11) is -1.16. The molecule has 44 heavy (non-hydrogen) atoms. The number of amides is 1. The third-order valence-corrected chi connectivity index (χ3v) is 9.15. The molecule has 9 nitrogen and oxygen atoms in total. The van der Waals surface area contributed by atoms with Crippen molar-refractivity contribution >= 4 is 55.4 Å². The van der Waals surface area contributed by atoms with Crippen molar-refractivity contribution in [2.75, 3.05) is 25.1 Å². The molecule has 1 amide bonds. The van der Waals surface area contributed by atoms with E-state index in [1.165, 1.54) is 50.8 Å². The lowest BCUT2D eigenvalue weighted by atomic mass is 10.2. The smallest absolute Gasteiger partial charge is 0.264 e. The zero-order chi connectivity index (χ0) is 31.9. The lowest BCUT2D eigenvalue weighted by molar-refractivity contribution is -0.119. The van der Waals surface area contributed by atoms with Gasteiger partial charge < -0.3 is 14.2 Å². The van der Waals surface area contributed by atoms with Crippen LogP contribution >= 0.6 is 27.5 Å². The molecule has 0 spiro atoms. The van der Waals surface area contributed by atoms with Crippen molar-refractivity contribution in [2.24, 2.45) is 5.10 Å². The molecule has 12 heteroatoms. The van der Waals surface area contributed by atoms with Crippen molar-refractivity contribution in [3.63, 3.8) is 0 Å². The minimum absolute atomic E-state index is 0.0213. The molecule has 0 aromatic heterocycles. The topological polar surface area (TPSA) is 107 Å². The van der Waals surface area contributed by atoms with Crippen LogP contribution in [0, 0.1) is 13.8 Å². The number of halogens is 2. The first-order valence-electron chi connectivity index (χ1n) is 13.3. The van der Waals surface area contributed by atoms with Crippen LogP contribution in [0.5, 0.6) is 17.2 Å². The molecule has 0 bridgehead atoms. The number of methoxy groups -OCH3 is 2. The fourth-order valence-corrected chi connectivity index (χ4v) is 6.34. The summed E-state index contributed by atoms with van der Waals surface area (Å²) in [6, 6.07) is 22.3. The highest BCUT2D eigenvalue weighted by Crippen LogP contribution is 2.37. The number of anilines is 1. The second-order valence-electron chi connectivity index (χ2n) is 9.75. The fourth-order valence-electron chi connectivity index (χ4n) is 4.10. The molecule has 4 rings (SSSR count). The van der Waals surface area contributed by atoms with E-state index in [1.54, 1.807) is 24.3 Å². The third kappa shape index (κ3) is 8.10. The summed E-state index contributed by atoms with van der Waals surface area (Å²) < 4.78 is 45.6. The van der Waals surface area contributed by atoms with Crippen molar-refractivity contribution < 1.29 is 27.4 Å². The van der Waals surface area contributed by atoms with Gasteiger partial charge in [-0.25, -0.2) is 13.8 Å². The van der Waals surface area contributed by atoms with Crippen LogP contribution in [0.1, 0.15) is 22.3 Å². The fraction of sp³-hybridized carbons (Fsp3) is 0.188. The summed E-state index contributed by atoms with van der Waals surface area (Å²) in [5, 5.41) is 4.23. The van der Waals surface area contributed by atoms with Gasteiger partial charge in [0.1, 0.15) is 18.9 Å². The van der Waals surface area contributed by atoms with Gasteiger partial charge in [0.2, 0.25) is 0 Å². The number of hydrogen-bond acceptors (Lipinski definition) is 7. The molecule has 0 saturated heterocycles.